The molecule has 0 aliphatic carbocycles. The predicted octanol–water partition coefficient (Wildman–Crippen LogP) is 4.13. The van der Waals surface area contributed by atoms with Gasteiger partial charge < -0.3 is 18.8 Å². The Bertz CT molecular complexity index is 1000. The average Bonchev–Trinajstić information content (AvgIpc) is 3.10. The molecule has 2 aromatic heterocycles. The summed E-state index contributed by atoms with van der Waals surface area (Å²) < 4.78 is 19.9. The number of fused-ring (bicyclic) bond motifs is 1. The molecule has 0 bridgehead atoms. The van der Waals surface area contributed by atoms with Gasteiger partial charge in [-0.25, -0.2) is 4.98 Å². The number of hydrogen-bond acceptors (Lipinski definition) is 3. The van der Waals surface area contributed by atoms with Crippen molar-refractivity contribution in [2.75, 3.05) is 0 Å². The highest BCUT2D eigenvalue weighted by Crippen LogP contribution is 2.37. The zero-order valence-electron chi connectivity index (χ0n) is 14.4. The van der Waals surface area contributed by atoms with Gasteiger partial charge in [0.25, 0.3) is 0 Å². The lowest BCUT2D eigenvalue weighted by atomic mass is 10.1. The quantitative estimate of drug-likeness (QED) is 0.612. The molecule has 0 aliphatic heterocycles. The zero-order valence-corrected chi connectivity index (χ0v) is 16.9. The molecule has 0 atom stereocenters. The fourth-order valence-electron chi connectivity index (χ4n) is 2.82. The molecule has 0 fully saturated rings. The maximum Gasteiger partial charge on any atom is 0.391 e. The summed E-state index contributed by atoms with van der Waals surface area (Å²) in [5, 5.41) is 0. The molecule has 0 unspecified atom stereocenters. The van der Waals surface area contributed by atoms with E-state index in [0.29, 0.717) is 24.0 Å². The van der Waals surface area contributed by atoms with Crippen molar-refractivity contribution in [2.24, 2.45) is 5.92 Å². The van der Waals surface area contributed by atoms with Gasteiger partial charge in [0, 0.05) is 11.0 Å². The van der Waals surface area contributed by atoms with Gasteiger partial charge in [0.1, 0.15) is 0 Å². The van der Waals surface area contributed by atoms with Crippen LogP contribution in [-0.2, 0) is 11.1 Å². The van der Waals surface area contributed by atoms with E-state index in [1.807, 2.05) is 24.5 Å². The molecule has 2 heterocycles. The van der Waals surface area contributed by atoms with Crippen molar-refractivity contribution in [1.29, 1.82) is 0 Å². The van der Waals surface area contributed by atoms with Gasteiger partial charge in [-0.2, -0.15) is 0 Å². The maximum absolute atomic E-state index is 11.4. The number of rotatable bonds is 4. The van der Waals surface area contributed by atoms with Gasteiger partial charge in [0.05, 0.1) is 11.0 Å². The van der Waals surface area contributed by atoms with Crippen LogP contribution in [0.2, 0.25) is 0 Å². The van der Waals surface area contributed by atoms with E-state index in [0.717, 1.165) is 26.6 Å². The van der Waals surface area contributed by atoms with E-state index >= 15 is 0 Å². The number of halogens is 1. The topological polar surface area (TPSA) is 88.5 Å². The van der Waals surface area contributed by atoms with Crippen LogP contribution in [0, 0.1) is 19.8 Å². The molecule has 0 spiro atoms. The van der Waals surface area contributed by atoms with Gasteiger partial charge in [0.15, 0.2) is 11.6 Å². The van der Waals surface area contributed by atoms with Crippen molar-refractivity contribution < 1.29 is 18.8 Å². The van der Waals surface area contributed by atoms with Crippen molar-refractivity contribution in [3.63, 3.8) is 0 Å². The average molecular weight is 427 g/mol. The third-order valence-corrected chi connectivity index (χ3v) is 5.83. The zero-order chi connectivity index (χ0) is 18.5. The molecule has 0 saturated heterocycles. The second kappa shape index (κ2) is 6.40. The molecule has 25 heavy (non-hydrogen) atoms. The van der Waals surface area contributed by atoms with E-state index in [1.54, 1.807) is 6.07 Å². The number of imidazole rings is 1. The highest BCUT2D eigenvalue weighted by atomic mass is 79.9. The Morgan fingerprint density at radius 1 is 1.28 bits per heavy atom. The number of aryl methyl sites for hydroxylation is 1. The normalized spacial score (nSPS) is 12.5. The third-order valence-electron chi connectivity index (χ3n) is 4.19. The van der Waals surface area contributed by atoms with Crippen LogP contribution in [0.4, 0.5) is 0 Å². The molecular weight excluding hydrogens is 407 g/mol. The number of aromatic nitrogens is 2. The summed E-state index contributed by atoms with van der Waals surface area (Å²) in [5.41, 5.74) is 3.66. The third kappa shape index (κ3) is 3.34. The largest absolute Gasteiger partial charge is 0.445 e. The van der Waals surface area contributed by atoms with E-state index in [2.05, 4.69) is 29.8 Å². The molecule has 6 nitrogen and oxygen atoms in total. The first kappa shape index (κ1) is 18.4. The Kier molecular flexibility index (Phi) is 4.71. The molecule has 134 valence electrons. The van der Waals surface area contributed by atoms with Gasteiger partial charge in [-0.1, -0.05) is 29.8 Å². The molecule has 0 amide bonds. The van der Waals surface area contributed by atoms with Crippen molar-refractivity contribution >= 4 is 40.1 Å². The Morgan fingerprint density at radius 2 is 1.96 bits per heavy atom. The number of furan rings is 1. The van der Waals surface area contributed by atoms with E-state index in [9.17, 15) is 14.4 Å². The summed E-state index contributed by atoms with van der Waals surface area (Å²) in [5.74, 6) is 1.29. The summed E-state index contributed by atoms with van der Waals surface area (Å²) >= 11 is 3.60. The minimum absolute atomic E-state index is 0.347. The molecule has 0 radical (unpaired) electrons. The molecule has 0 aliphatic rings. The molecule has 2 N–H and O–H groups in total. The fraction of sp³-hybridized carbons (Fsp3) is 0.353. The van der Waals surface area contributed by atoms with Crippen molar-refractivity contribution in [1.82, 2.24) is 9.55 Å². The fourth-order valence-corrected chi connectivity index (χ4v) is 3.82. The molecule has 8 heteroatoms. The number of benzene rings is 1. The van der Waals surface area contributed by atoms with Crippen LogP contribution in [0.1, 0.15) is 25.0 Å². The van der Waals surface area contributed by atoms with Crippen LogP contribution in [0.3, 0.4) is 0 Å². The van der Waals surface area contributed by atoms with E-state index in [1.165, 1.54) is 6.07 Å². The lowest BCUT2D eigenvalue weighted by Gasteiger charge is -2.12. The lowest BCUT2D eigenvalue weighted by molar-refractivity contribution is 0.377. The molecule has 3 aromatic rings. The number of hydrogen-bond donors (Lipinski definition) is 2. The van der Waals surface area contributed by atoms with Crippen LogP contribution in [0.25, 0.3) is 22.6 Å². The minimum Gasteiger partial charge on any atom is -0.445 e. The van der Waals surface area contributed by atoms with Gasteiger partial charge in [-0.15, -0.1) is 0 Å². The molecular formula is C17H20BrN2O4P. The van der Waals surface area contributed by atoms with Crippen LogP contribution in [0.5, 0.6) is 0 Å². The first-order valence-electron chi connectivity index (χ1n) is 7.92. The van der Waals surface area contributed by atoms with E-state index < -0.39 is 7.60 Å². The smallest absolute Gasteiger partial charge is 0.391 e. The highest BCUT2D eigenvalue weighted by Gasteiger charge is 2.25. The Morgan fingerprint density at radius 3 is 2.52 bits per heavy atom. The summed E-state index contributed by atoms with van der Waals surface area (Å²) in [7, 11) is -4.43. The van der Waals surface area contributed by atoms with Crippen LogP contribution in [-0.4, -0.2) is 19.3 Å². The summed E-state index contributed by atoms with van der Waals surface area (Å²) in [6.07, 6.45) is 0. The second-order valence-electron chi connectivity index (χ2n) is 6.60. The monoisotopic (exact) mass is 426 g/mol. The Labute approximate surface area is 154 Å². The lowest BCUT2D eigenvalue weighted by Crippen LogP contribution is -2.06. The predicted molar refractivity (Wildman–Crippen MR) is 101 cm³/mol. The standard InChI is InChI=1S/C17H20BrN2O4P/c1-9(2)8-20-13-7-12(18)10(3)11(4)16(13)19-17(20)14-5-6-15(24-14)25(21,22)23/h5-7,9H,8H2,1-4H3,(H2,21,22,23). The highest BCUT2D eigenvalue weighted by molar-refractivity contribution is 9.10. The summed E-state index contributed by atoms with van der Waals surface area (Å²) in [6, 6.07) is 4.90. The molecule has 0 saturated carbocycles. The maximum atomic E-state index is 11.4. The Balaban J connectivity index is 2.28. The van der Waals surface area contributed by atoms with E-state index in [-0.39, 0.29) is 5.50 Å². The first-order chi connectivity index (χ1) is 11.6. The minimum atomic E-state index is -4.43. The van der Waals surface area contributed by atoms with Gasteiger partial charge in [-0.05, 0) is 49.1 Å². The first-order valence-corrected chi connectivity index (χ1v) is 10.3. The molecule has 1 aromatic carbocycles. The Hall–Kier alpha value is -1.40. The van der Waals surface area contributed by atoms with Crippen molar-refractivity contribution in [3.8, 4) is 11.6 Å². The van der Waals surface area contributed by atoms with Crippen molar-refractivity contribution in [2.45, 2.75) is 34.2 Å². The van der Waals surface area contributed by atoms with E-state index in [4.69, 9.17) is 9.40 Å². The SMILES string of the molecule is Cc1c(Br)cc2c(nc(-c3ccc(P(=O)(O)O)o3)n2CC(C)C)c1C. The number of nitrogens with zero attached hydrogens (tertiary/aromatic N) is 2. The summed E-state index contributed by atoms with van der Waals surface area (Å²) in [6.45, 7) is 8.97. The van der Waals surface area contributed by atoms with Gasteiger partial charge in [0.2, 0.25) is 5.50 Å². The van der Waals surface area contributed by atoms with Gasteiger partial charge in [-0.3, -0.25) is 4.57 Å². The van der Waals surface area contributed by atoms with Crippen LogP contribution in [0.15, 0.2) is 27.1 Å². The molecule has 3 rings (SSSR count). The second-order valence-corrected chi connectivity index (χ2v) is 8.98. The summed E-state index contributed by atoms with van der Waals surface area (Å²) in [4.78, 5) is 23.3. The van der Waals surface area contributed by atoms with Gasteiger partial charge >= 0.3 is 7.60 Å². The van der Waals surface area contributed by atoms with Crippen LogP contribution >= 0.6 is 23.5 Å². The van der Waals surface area contributed by atoms with Crippen molar-refractivity contribution in [3.05, 3.63) is 33.8 Å². The van der Waals surface area contributed by atoms with Crippen LogP contribution < -0.4 is 5.50 Å².